The summed E-state index contributed by atoms with van der Waals surface area (Å²) in [7, 11) is 1.72. The molecule has 0 atom stereocenters. The number of hydrogen-bond acceptors (Lipinski definition) is 6. The van der Waals surface area contributed by atoms with E-state index in [1.807, 2.05) is 0 Å². The molecule has 0 aliphatic carbocycles. The van der Waals surface area contributed by atoms with Crippen LogP contribution in [0.25, 0.3) is 11.3 Å². The number of anilines is 1. The largest absolute Gasteiger partial charge is 0.354 e. The molecule has 0 saturated carbocycles. The van der Waals surface area contributed by atoms with Crippen molar-refractivity contribution in [3.05, 3.63) is 59.9 Å². The van der Waals surface area contributed by atoms with E-state index in [-0.39, 0.29) is 11.7 Å². The molecule has 4 rings (SSSR count). The minimum Gasteiger partial charge on any atom is -0.354 e. The van der Waals surface area contributed by atoms with Crippen LogP contribution in [0.5, 0.6) is 0 Å². The van der Waals surface area contributed by atoms with Crippen LogP contribution in [0.4, 0.5) is 10.2 Å². The summed E-state index contributed by atoms with van der Waals surface area (Å²) in [6.07, 6.45) is 4.88. The van der Waals surface area contributed by atoms with Gasteiger partial charge in [0.05, 0.1) is 5.69 Å². The van der Waals surface area contributed by atoms with Gasteiger partial charge >= 0.3 is 0 Å². The highest BCUT2D eigenvalue weighted by Crippen LogP contribution is 2.23. The molecule has 1 aliphatic rings. The van der Waals surface area contributed by atoms with Crippen molar-refractivity contribution in [1.82, 2.24) is 25.1 Å². The molecule has 1 aromatic carbocycles. The highest BCUT2D eigenvalue weighted by molar-refractivity contribution is 5.93. The number of piperidine rings is 1. The molecule has 3 aromatic rings. The molecule has 1 fully saturated rings. The monoisotopic (exact) mass is 419 g/mol. The molecule has 9 heteroatoms. The van der Waals surface area contributed by atoms with Gasteiger partial charge in [-0.25, -0.2) is 14.4 Å². The molecule has 0 unspecified atom stereocenters. The van der Waals surface area contributed by atoms with E-state index in [1.165, 1.54) is 23.0 Å². The highest BCUT2D eigenvalue weighted by atomic mass is 19.1. The van der Waals surface area contributed by atoms with Crippen LogP contribution in [0.3, 0.4) is 0 Å². The van der Waals surface area contributed by atoms with Crippen LogP contribution in [0.2, 0.25) is 0 Å². The van der Waals surface area contributed by atoms with Gasteiger partial charge in [0.25, 0.3) is 5.91 Å². The second kappa shape index (κ2) is 8.92. The van der Waals surface area contributed by atoms with Gasteiger partial charge in [-0.15, -0.1) is 0 Å². The van der Waals surface area contributed by atoms with Gasteiger partial charge in [0.2, 0.25) is 0 Å². The number of amides is 1. The Morgan fingerprint density at radius 2 is 1.94 bits per heavy atom. The summed E-state index contributed by atoms with van der Waals surface area (Å²) in [4.78, 5) is 23.1. The Morgan fingerprint density at radius 3 is 2.65 bits per heavy atom. The zero-order valence-corrected chi connectivity index (χ0v) is 17.1. The molecule has 31 heavy (non-hydrogen) atoms. The summed E-state index contributed by atoms with van der Waals surface area (Å²) < 4.78 is 14.7. The Labute approximate surface area is 179 Å². The Bertz CT molecular complexity index is 1110. The Morgan fingerprint density at radius 1 is 1.23 bits per heavy atom. The van der Waals surface area contributed by atoms with E-state index in [4.69, 9.17) is 0 Å². The van der Waals surface area contributed by atoms with E-state index in [2.05, 4.69) is 31.4 Å². The number of hydrogen-bond donors (Lipinski definition) is 1. The summed E-state index contributed by atoms with van der Waals surface area (Å²) in [5.41, 5.74) is 2.17. The third-order valence-electron chi connectivity index (χ3n) is 5.50. The number of rotatable bonds is 5. The number of nitrogens with zero attached hydrogens (tertiary/aromatic N) is 6. The van der Waals surface area contributed by atoms with Crippen LogP contribution in [-0.4, -0.2) is 45.3 Å². The van der Waals surface area contributed by atoms with E-state index < -0.39 is 0 Å². The molecule has 1 aliphatic heterocycles. The van der Waals surface area contributed by atoms with Gasteiger partial charge in [-0.05, 0) is 49.1 Å². The number of nitrogens with one attached hydrogen (secondary N) is 1. The molecular formula is C22H22FN7O. The van der Waals surface area contributed by atoms with Crippen molar-refractivity contribution in [1.29, 1.82) is 5.26 Å². The Hall–Kier alpha value is -3.80. The van der Waals surface area contributed by atoms with Gasteiger partial charge in [0.1, 0.15) is 17.6 Å². The zero-order chi connectivity index (χ0) is 21.8. The SMILES string of the molecule is Cn1nc(-c2ccc(F)cc2)cc1C(=O)NCC1CCN(c2nccnc2C#N)CC1. The maximum atomic E-state index is 13.1. The van der Waals surface area contributed by atoms with Crippen molar-refractivity contribution >= 4 is 11.7 Å². The first-order valence-corrected chi connectivity index (χ1v) is 10.1. The molecular weight excluding hydrogens is 397 g/mol. The number of carbonyl (C=O) groups excluding carboxylic acids is 1. The van der Waals surface area contributed by atoms with Crippen molar-refractivity contribution < 1.29 is 9.18 Å². The molecule has 0 bridgehead atoms. The molecule has 1 saturated heterocycles. The van der Waals surface area contributed by atoms with Gasteiger partial charge in [-0.1, -0.05) is 0 Å². The third-order valence-corrected chi connectivity index (χ3v) is 5.50. The second-order valence-corrected chi connectivity index (χ2v) is 7.53. The van der Waals surface area contributed by atoms with Crippen LogP contribution in [0, 0.1) is 23.1 Å². The van der Waals surface area contributed by atoms with Crippen molar-refractivity contribution in [2.75, 3.05) is 24.5 Å². The van der Waals surface area contributed by atoms with E-state index in [0.29, 0.717) is 35.4 Å². The molecule has 158 valence electrons. The van der Waals surface area contributed by atoms with Crippen LogP contribution < -0.4 is 10.2 Å². The number of carbonyl (C=O) groups is 1. The van der Waals surface area contributed by atoms with Gasteiger partial charge < -0.3 is 10.2 Å². The Kier molecular flexibility index (Phi) is 5.89. The van der Waals surface area contributed by atoms with E-state index >= 15 is 0 Å². The van der Waals surface area contributed by atoms with Gasteiger partial charge in [-0.2, -0.15) is 10.4 Å². The minimum atomic E-state index is -0.313. The van der Waals surface area contributed by atoms with Crippen molar-refractivity contribution in [2.24, 2.45) is 13.0 Å². The fourth-order valence-electron chi connectivity index (χ4n) is 3.76. The fraction of sp³-hybridized carbons (Fsp3) is 0.318. The maximum Gasteiger partial charge on any atom is 0.269 e. The molecule has 0 radical (unpaired) electrons. The number of aromatic nitrogens is 4. The van der Waals surface area contributed by atoms with Crippen LogP contribution in [0.15, 0.2) is 42.7 Å². The normalized spacial score (nSPS) is 14.3. The van der Waals surface area contributed by atoms with Gasteiger partial charge in [-0.3, -0.25) is 9.48 Å². The Balaban J connectivity index is 1.33. The lowest BCUT2D eigenvalue weighted by atomic mass is 9.96. The lowest BCUT2D eigenvalue weighted by molar-refractivity contribution is 0.0935. The first-order valence-electron chi connectivity index (χ1n) is 10.1. The standard InChI is InChI=1S/C22H22FN7O/c1-29-20(12-18(28-29)16-2-4-17(23)5-3-16)22(31)27-14-15-6-10-30(11-7-15)21-19(13-24)25-8-9-26-21/h2-5,8-9,12,15H,6-7,10-11,14H2,1H3,(H,27,31). The van der Waals surface area contributed by atoms with Gasteiger partial charge in [0.15, 0.2) is 11.5 Å². The average Bonchev–Trinajstić information content (AvgIpc) is 3.20. The first kappa shape index (κ1) is 20.5. The van der Waals surface area contributed by atoms with Crippen LogP contribution in [0.1, 0.15) is 29.0 Å². The molecule has 8 nitrogen and oxygen atoms in total. The molecule has 0 spiro atoms. The van der Waals surface area contributed by atoms with E-state index in [9.17, 15) is 14.4 Å². The third kappa shape index (κ3) is 4.53. The van der Waals surface area contributed by atoms with Crippen molar-refractivity contribution in [3.8, 4) is 17.3 Å². The smallest absolute Gasteiger partial charge is 0.269 e. The average molecular weight is 419 g/mol. The number of aryl methyl sites for hydroxylation is 1. The predicted molar refractivity (Wildman–Crippen MR) is 113 cm³/mol. The molecule has 1 amide bonds. The summed E-state index contributed by atoms with van der Waals surface area (Å²) in [5.74, 6) is 0.459. The van der Waals surface area contributed by atoms with Crippen molar-refractivity contribution in [2.45, 2.75) is 12.8 Å². The predicted octanol–water partition coefficient (Wildman–Crippen LogP) is 2.53. The van der Waals surface area contributed by atoms with Gasteiger partial charge in [0, 0.05) is 44.6 Å². The maximum absolute atomic E-state index is 13.1. The number of benzene rings is 1. The summed E-state index contributed by atoms with van der Waals surface area (Å²) >= 11 is 0. The van der Waals surface area contributed by atoms with E-state index in [0.717, 1.165) is 31.5 Å². The van der Waals surface area contributed by atoms with Crippen molar-refractivity contribution in [3.63, 3.8) is 0 Å². The number of nitriles is 1. The zero-order valence-electron chi connectivity index (χ0n) is 17.1. The van der Waals surface area contributed by atoms with Crippen LogP contribution >= 0.6 is 0 Å². The van der Waals surface area contributed by atoms with E-state index in [1.54, 1.807) is 31.4 Å². The summed E-state index contributed by atoms with van der Waals surface area (Å²) in [5, 5.41) is 16.6. The minimum absolute atomic E-state index is 0.188. The highest BCUT2D eigenvalue weighted by Gasteiger charge is 2.23. The summed E-state index contributed by atoms with van der Waals surface area (Å²) in [6, 6.07) is 9.82. The lowest BCUT2D eigenvalue weighted by Gasteiger charge is -2.32. The number of halogens is 1. The second-order valence-electron chi connectivity index (χ2n) is 7.53. The quantitative estimate of drug-likeness (QED) is 0.682. The van der Waals surface area contributed by atoms with Crippen LogP contribution in [-0.2, 0) is 7.05 Å². The topological polar surface area (TPSA) is 99.7 Å². The molecule has 1 N–H and O–H groups in total. The molecule has 2 aromatic heterocycles. The first-order chi connectivity index (χ1) is 15.0. The lowest BCUT2D eigenvalue weighted by Crippen LogP contribution is -2.39. The summed E-state index contributed by atoms with van der Waals surface area (Å²) in [6.45, 7) is 2.08. The molecule has 3 heterocycles. The fourth-order valence-corrected chi connectivity index (χ4v) is 3.76.